The van der Waals surface area contributed by atoms with E-state index in [1.165, 1.54) is 25.7 Å². The van der Waals surface area contributed by atoms with Crippen molar-refractivity contribution in [1.82, 2.24) is 9.80 Å². The normalized spacial score (nSPS) is 34.7. The maximum Gasteiger partial charge on any atom is 0.225 e. The Morgan fingerprint density at radius 1 is 0.667 bits per heavy atom. The smallest absolute Gasteiger partial charge is 0.225 e. The Hall–Kier alpha value is -0.810. The van der Waals surface area contributed by atoms with Gasteiger partial charge in [0.25, 0.3) is 0 Å². The van der Waals surface area contributed by atoms with E-state index in [-0.39, 0.29) is 24.2 Å². The SMILES string of the molecule is Cl.NC1C2CCCC1CC(C(=O)N1CCC(C(=O)N3CCCCC3)CC1)C2. The van der Waals surface area contributed by atoms with Gasteiger partial charge in [-0.2, -0.15) is 0 Å². The summed E-state index contributed by atoms with van der Waals surface area (Å²) >= 11 is 0. The van der Waals surface area contributed by atoms with Crippen LogP contribution in [0.15, 0.2) is 0 Å². The molecule has 2 bridgehead atoms. The van der Waals surface area contributed by atoms with E-state index in [1.54, 1.807) is 0 Å². The number of piperidine rings is 2. The lowest BCUT2D eigenvalue weighted by atomic mass is 9.65. The Labute approximate surface area is 169 Å². The summed E-state index contributed by atoms with van der Waals surface area (Å²) in [5.41, 5.74) is 6.38. The largest absolute Gasteiger partial charge is 0.342 e. The van der Waals surface area contributed by atoms with E-state index in [1.807, 2.05) is 0 Å². The van der Waals surface area contributed by atoms with Crippen LogP contribution in [-0.4, -0.2) is 53.8 Å². The van der Waals surface area contributed by atoms with Crippen LogP contribution in [0.1, 0.15) is 64.2 Å². The molecule has 27 heavy (non-hydrogen) atoms. The quantitative estimate of drug-likeness (QED) is 0.779. The molecule has 2 amide bonds. The molecule has 5 nitrogen and oxygen atoms in total. The first-order valence-electron chi connectivity index (χ1n) is 11.0. The molecule has 2 atom stereocenters. The lowest BCUT2D eigenvalue weighted by molar-refractivity contribution is -0.144. The number of halogens is 1. The molecule has 6 heteroatoms. The van der Waals surface area contributed by atoms with E-state index < -0.39 is 0 Å². The van der Waals surface area contributed by atoms with Gasteiger partial charge in [-0.05, 0) is 69.6 Å². The number of amides is 2. The molecule has 0 aromatic carbocycles. The summed E-state index contributed by atoms with van der Waals surface area (Å²) in [6, 6.07) is 0.320. The van der Waals surface area contributed by atoms with Crippen molar-refractivity contribution in [3.63, 3.8) is 0 Å². The minimum absolute atomic E-state index is 0. The van der Waals surface area contributed by atoms with Gasteiger partial charge in [0.05, 0.1) is 0 Å². The molecule has 4 fully saturated rings. The van der Waals surface area contributed by atoms with Gasteiger partial charge < -0.3 is 15.5 Å². The fraction of sp³-hybridized carbons (Fsp3) is 0.905. The summed E-state index contributed by atoms with van der Waals surface area (Å²) in [7, 11) is 0. The average Bonchev–Trinajstić information content (AvgIpc) is 2.67. The molecule has 0 aromatic heterocycles. The highest BCUT2D eigenvalue weighted by Gasteiger charge is 2.42. The van der Waals surface area contributed by atoms with Crippen LogP contribution in [0, 0.1) is 23.7 Å². The summed E-state index contributed by atoms with van der Waals surface area (Å²) in [5.74, 6) is 2.10. The van der Waals surface area contributed by atoms with Gasteiger partial charge >= 0.3 is 0 Å². The fourth-order valence-corrected chi connectivity index (χ4v) is 5.97. The number of hydrogen-bond donors (Lipinski definition) is 1. The Balaban J connectivity index is 0.00000210. The van der Waals surface area contributed by atoms with E-state index in [4.69, 9.17) is 5.73 Å². The Morgan fingerprint density at radius 3 is 1.78 bits per heavy atom. The number of carbonyl (C=O) groups is 2. The van der Waals surface area contributed by atoms with E-state index in [2.05, 4.69) is 9.80 Å². The third-order valence-electron chi connectivity index (χ3n) is 7.59. The second-order valence-electron chi connectivity index (χ2n) is 9.18. The molecule has 2 aliphatic carbocycles. The number of fused-ring (bicyclic) bond motifs is 2. The van der Waals surface area contributed by atoms with Crippen molar-refractivity contribution < 1.29 is 9.59 Å². The van der Waals surface area contributed by atoms with Crippen LogP contribution >= 0.6 is 12.4 Å². The molecule has 2 aliphatic heterocycles. The second kappa shape index (κ2) is 9.13. The Morgan fingerprint density at radius 2 is 1.19 bits per heavy atom. The summed E-state index contributed by atoms with van der Waals surface area (Å²) in [5, 5.41) is 0. The third-order valence-corrected chi connectivity index (χ3v) is 7.59. The highest BCUT2D eigenvalue weighted by molar-refractivity contribution is 5.85. The van der Waals surface area contributed by atoms with Gasteiger partial charge in [0.15, 0.2) is 0 Å². The van der Waals surface area contributed by atoms with Crippen molar-refractivity contribution in [3.8, 4) is 0 Å². The lowest BCUT2D eigenvalue weighted by Gasteiger charge is -2.45. The van der Waals surface area contributed by atoms with Crippen LogP contribution in [0.3, 0.4) is 0 Å². The molecule has 0 radical (unpaired) electrons. The molecule has 0 aromatic rings. The van der Waals surface area contributed by atoms with Gasteiger partial charge in [-0.1, -0.05) is 6.42 Å². The van der Waals surface area contributed by atoms with Gasteiger partial charge in [0.1, 0.15) is 0 Å². The minimum Gasteiger partial charge on any atom is -0.342 e. The zero-order valence-corrected chi connectivity index (χ0v) is 17.3. The predicted molar refractivity (Wildman–Crippen MR) is 109 cm³/mol. The monoisotopic (exact) mass is 397 g/mol. The molecule has 0 spiro atoms. The second-order valence-corrected chi connectivity index (χ2v) is 9.18. The van der Waals surface area contributed by atoms with Gasteiger partial charge in [0, 0.05) is 44.1 Å². The number of likely N-dealkylation sites (tertiary alicyclic amines) is 2. The van der Waals surface area contributed by atoms with Crippen molar-refractivity contribution in [2.75, 3.05) is 26.2 Å². The third kappa shape index (κ3) is 4.45. The number of hydrogen-bond acceptors (Lipinski definition) is 3. The Bertz CT molecular complexity index is 516. The molecule has 2 unspecified atom stereocenters. The molecule has 2 saturated heterocycles. The van der Waals surface area contributed by atoms with Crippen LogP contribution in [0.5, 0.6) is 0 Å². The van der Waals surface area contributed by atoms with Crippen LogP contribution < -0.4 is 5.73 Å². The van der Waals surface area contributed by atoms with Crippen molar-refractivity contribution in [1.29, 1.82) is 0 Å². The maximum atomic E-state index is 13.1. The van der Waals surface area contributed by atoms with Gasteiger partial charge in [-0.3, -0.25) is 9.59 Å². The molecular formula is C21H36ClN3O2. The van der Waals surface area contributed by atoms with Crippen LogP contribution in [0.2, 0.25) is 0 Å². The highest BCUT2D eigenvalue weighted by atomic mass is 35.5. The first-order chi connectivity index (χ1) is 12.6. The minimum atomic E-state index is 0. The van der Waals surface area contributed by atoms with Crippen molar-refractivity contribution in [3.05, 3.63) is 0 Å². The molecule has 2 N–H and O–H groups in total. The molecule has 154 valence electrons. The van der Waals surface area contributed by atoms with Gasteiger partial charge in [0.2, 0.25) is 11.8 Å². The lowest BCUT2D eigenvalue weighted by Crippen LogP contribution is -2.51. The molecule has 2 saturated carbocycles. The first-order valence-corrected chi connectivity index (χ1v) is 11.0. The fourth-order valence-electron chi connectivity index (χ4n) is 5.97. The number of rotatable bonds is 2. The predicted octanol–water partition coefficient (Wildman–Crippen LogP) is 2.81. The van der Waals surface area contributed by atoms with E-state index in [9.17, 15) is 9.59 Å². The highest BCUT2D eigenvalue weighted by Crippen LogP contribution is 2.42. The summed E-state index contributed by atoms with van der Waals surface area (Å²) in [6.07, 6.45) is 10.9. The summed E-state index contributed by atoms with van der Waals surface area (Å²) < 4.78 is 0. The molecule has 2 heterocycles. The van der Waals surface area contributed by atoms with E-state index in [0.29, 0.717) is 29.7 Å². The Kier molecular flexibility index (Phi) is 7.07. The van der Waals surface area contributed by atoms with E-state index >= 15 is 0 Å². The van der Waals surface area contributed by atoms with Crippen LogP contribution in [-0.2, 0) is 9.59 Å². The molecule has 4 aliphatic rings. The number of nitrogens with two attached hydrogens (primary N) is 1. The maximum absolute atomic E-state index is 13.1. The van der Waals surface area contributed by atoms with E-state index in [0.717, 1.165) is 64.7 Å². The zero-order valence-electron chi connectivity index (χ0n) is 16.5. The number of nitrogens with zero attached hydrogens (tertiary/aromatic N) is 2. The topological polar surface area (TPSA) is 66.6 Å². The van der Waals surface area contributed by atoms with Crippen LogP contribution in [0.4, 0.5) is 0 Å². The van der Waals surface area contributed by atoms with Crippen molar-refractivity contribution in [2.24, 2.45) is 29.4 Å². The average molecular weight is 398 g/mol. The van der Waals surface area contributed by atoms with Crippen molar-refractivity contribution in [2.45, 2.75) is 70.3 Å². The number of carbonyl (C=O) groups excluding carboxylic acids is 2. The molecule has 4 rings (SSSR count). The summed E-state index contributed by atoms with van der Waals surface area (Å²) in [6.45, 7) is 3.40. The standard InChI is InChI=1S/C21H35N3O2.ClH/c22-19-16-5-4-6-17(19)14-18(13-16)21(26)24-11-7-15(8-12-24)20(25)23-9-2-1-3-10-23;/h15-19H,1-14,22H2;1H. The first kappa shape index (κ1) is 20.9. The molecular weight excluding hydrogens is 362 g/mol. The van der Waals surface area contributed by atoms with Gasteiger partial charge in [-0.25, -0.2) is 0 Å². The van der Waals surface area contributed by atoms with Crippen LogP contribution in [0.25, 0.3) is 0 Å². The van der Waals surface area contributed by atoms with Crippen molar-refractivity contribution >= 4 is 24.2 Å². The van der Waals surface area contributed by atoms with Gasteiger partial charge in [-0.15, -0.1) is 12.4 Å². The summed E-state index contributed by atoms with van der Waals surface area (Å²) in [4.78, 5) is 29.9. The zero-order chi connectivity index (χ0) is 18.1.